The largest absolute Gasteiger partial charge is 0.486 e. The highest BCUT2D eigenvalue weighted by Gasteiger charge is 2.18. The van der Waals surface area contributed by atoms with Gasteiger partial charge in [-0.1, -0.05) is 6.07 Å². The van der Waals surface area contributed by atoms with Crippen LogP contribution < -0.4 is 9.47 Å². The van der Waals surface area contributed by atoms with Crippen LogP contribution in [0, 0.1) is 12.7 Å². The van der Waals surface area contributed by atoms with Crippen molar-refractivity contribution in [3.63, 3.8) is 0 Å². The van der Waals surface area contributed by atoms with Crippen molar-refractivity contribution >= 4 is 5.78 Å². The zero-order valence-electron chi connectivity index (χ0n) is 11.0. The molecule has 0 aliphatic carbocycles. The molecule has 0 unspecified atom stereocenters. The summed E-state index contributed by atoms with van der Waals surface area (Å²) in [5.74, 6) is 0.260. The molecular weight excluding hydrogens is 259 g/mol. The van der Waals surface area contributed by atoms with Crippen molar-refractivity contribution in [1.29, 1.82) is 0 Å². The summed E-state index contributed by atoms with van der Waals surface area (Å²) in [7, 11) is 0. The summed E-state index contributed by atoms with van der Waals surface area (Å²) in [6, 6.07) is 9.46. The number of carbonyl (C=O) groups excluding carboxylic acids is 1. The topological polar surface area (TPSA) is 35.5 Å². The van der Waals surface area contributed by atoms with Crippen LogP contribution in [0.2, 0.25) is 0 Å². The number of rotatable bonds is 2. The molecule has 1 aliphatic heterocycles. The van der Waals surface area contributed by atoms with E-state index in [-0.39, 0.29) is 11.3 Å². The molecule has 20 heavy (non-hydrogen) atoms. The maximum atomic E-state index is 13.8. The molecule has 2 aromatic rings. The number of hydrogen-bond donors (Lipinski definition) is 0. The van der Waals surface area contributed by atoms with E-state index in [1.807, 2.05) is 0 Å². The molecule has 0 radical (unpaired) electrons. The van der Waals surface area contributed by atoms with E-state index in [0.29, 0.717) is 30.3 Å². The third kappa shape index (κ3) is 2.25. The molecule has 0 atom stereocenters. The minimum absolute atomic E-state index is 0.0623. The van der Waals surface area contributed by atoms with Crippen molar-refractivity contribution in [2.75, 3.05) is 13.2 Å². The maximum absolute atomic E-state index is 13.8. The van der Waals surface area contributed by atoms with Crippen molar-refractivity contribution in [2.24, 2.45) is 0 Å². The lowest BCUT2D eigenvalue weighted by molar-refractivity contribution is 0.103. The molecule has 0 saturated heterocycles. The van der Waals surface area contributed by atoms with E-state index in [0.717, 1.165) is 5.56 Å². The molecule has 3 rings (SSSR count). The van der Waals surface area contributed by atoms with Gasteiger partial charge in [-0.3, -0.25) is 4.79 Å². The molecule has 1 heterocycles. The van der Waals surface area contributed by atoms with E-state index in [1.54, 1.807) is 31.2 Å². The Balaban J connectivity index is 1.98. The first-order valence-electron chi connectivity index (χ1n) is 6.35. The first-order valence-corrected chi connectivity index (χ1v) is 6.35. The number of carbonyl (C=O) groups is 1. The van der Waals surface area contributed by atoms with Gasteiger partial charge in [0.2, 0.25) is 0 Å². The van der Waals surface area contributed by atoms with Crippen LogP contribution in [0.25, 0.3) is 0 Å². The number of halogens is 1. The van der Waals surface area contributed by atoms with Crippen molar-refractivity contribution in [3.05, 3.63) is 58.9 Å². The maximum Gasteiger partial charge on any atom is 0.196 e. The fraction of sp³-hybridized carbons (Fsp3) is 0.188. The van der Waals surface area contributed by atoms with Crippen molar-refractivity contribution in [1.82, 2.24) is 0 Å². The number of aryl methyl sites for hydroxylation is 1. The molecule has 0 amide bonds. The molecule has 0 bridgehead atoms. The van der Waals surface area contributed by atoms with Gasteiger partial charge in [-0.2, -0.15) is 0 Å². The molecule has 0 spiro atoms. The van der Waals surface area contributed by atoms with Gasteiger partial charge in [-0.15, -0.1) is 0 Å². The van der Waals surface area contributed by atoms with E-state index in [4.69, 9.17) is 9.47 Å². The van der Waals surface area contributed by atoms with Gasteiger partial charge in [-0.25, -0.2) is 4.39 Å². The number of fused-ring (bicyclic) bond motifs is 1. The van der Waals surface area contributed by atoms with E-state index in [2.05, 4.69) is 0 Å². The fourth-order valence-electron chi connectivity index (χ4n) is 2.14. The first-order chi connectivity index (χ1) is 9.65. The molecule has 102 valence electrons. The summed E-state index contributed by atoms with van der Waals surface area (Å²) in [6.45, 7) is 2.72. The average Bonchev–Trinajstić information content (AvgIpc) is 2.46. The molecule has 1 aliphatic rings. The van der Waals surface area contributed by atoms with Gasteiger partial charge in [0.15, 0.2) is 17.3 Å². The predicted molar refractivity (Wildman–Crippen MR) is 72.0 cm³/mol. The highest BCUT2D eigenvalue weighted by Crippen LogP contribution is 2.31. The van der Waals surface area contributed by atoms with E-state index >= 15 is 0 Å². The normalized spacial score (nSPS) is 13.1. The SMILES string of the molecule is Cc1ccc(C(=O)c2ccc3c(c2)OCCO3)c(F)c1. The molecule has 2 aromatic carbocycles. The molecule has 0 fully saturated rings. The highest BCUT2D eigenvalue weighted by atomic mass is 19.1. The molecule has 0 N–H and O–H groups in total. The first kappa shape index (κ1) is 12.7. The van der Waals surface area contributed by atoms with Gasteiger partial charge in [0.05, 0.1) is 5.56 Å². The molecular formula is C16H13FO3. The quantitative estimate of drug-likeness (QED) is 0.788. The summed E-state index contributed by atoms with van der Waals surface area (Å²) >= 11 is 0. The summed E-state index contributed by atoms with van der Waals surface area (Å²) in [6.07, 6.45) is 0. The van der Waals surface area contributed by atoms with Crippen LogP contribution in [-0.2, 0) is 0 Å². The third-order valence-electron chi connectivity index (χ3n) is 3.17. The van der Waals surface area contributed by atoms with Gasteiger partial charge in [0.25, 0.3) is 0 Å². The predicted octanol–water partition coefficient (Wildman–Crippen LogP) is 3.14. The van der Waals surface area contributed by atoms with Crippen LogP contribution in [-0.4, -0.2) is 19.0 Å². The van der Waals surface area contributed by atoms with Crippen LogP contribution in [0.5, 0.6) is 11.5 Å². The standard InChI is InChI=1S/C16H13FO3/c1-10-2-4-12(13(17)8-10)16(18)11-3-5-14-15(9-11)20-7-6-19-14/h2-5,8-9H,6-7H2,1H3. The number of hydrogen-bond acceptors (Lipinski definition) is 3. The highest BCUT2D eigenvalue weighted by molar-refractivity contribution is 6.09. The van der Waals surface area contributed by atoms with Gasteiger partial charge < -0.3 is 9.47 Å². The molecule has 0 saturated carbocycles. The number of benzene rings is 2. The Morgan fingerprint density at radius 3 is 2.55 bits per heavy atom. The fourth-order valence-corrected chi connectivity index (χ4v) is 2.14. The molecule has 4 heteroatoms. The lowest BCUT2D eigenvalue weighted by Crippen LogP contribution is -2.16. The smallest absolute Gasteiger partial charge is 0.196 e. The Morgan fingerprint density at radius 2 is 1.80 bits per heavy atom. The summed E-state index contributed by atoms with van der Waals surface area (Å²) < 4.78 is 24.7. The monoisotopic (exact) mass is 272 g/mol. The van der Waals surface area contributed by atoms with Crippen molar-refractivity contribution in [2.45, 2.75) is 6.92 Å². The van der Waals surface area contributed by atoms with Crippen LogP contribution in [0.1, 0.15) is 21.5 Å². The van der Waals surface area contributed by atoms with Crippen LogP contribution in [0.3, 0.4) is 0 Å². The number of ether oxygens (including phenoxy) is 2. The Morgan fingerprint density at radius 1 is 1.05 bits per heavy atom. The summed E-state index contributed by atoms with van der Waals surface area (Å²) in [5, 5.41) is 0. The minimum atomic E-state index is -0.509. The Hall–Kier alpha value is -2.36. The van der Waals surface area contributed by atoms with Crippen LogP contribution in [0.15, 0.2) is 36.4 Å². The van der Waals surface area contributed by atoms with E-state index < -0.39 is 5.82 Å². The summed E-state index contributed by atoms with van der Waals surface area (Å²) in [5.41, 5.74) is 1.23. The van der Waals surface area contributed by atoms with Crippen LogP contribution >= 0.6 is 0 Å². The zero-order chi connectivity index (χ0) is 14.1. The Kier molecular flexibility index (Phi) is 3.14. The second-order valence-electron chi connectivity index (χ2n) is 4.67. The van der Waals surface area contributed by atoms with Crippen molar-refractivity contribution in [3.8, 4) is 11.5 Å². The molecule has 0 aromatic heterocycles. The zero-order valence-corrected chi connectivity index (χ0v) is 11.0. The Bertz CT molecular complexity index is 679. The lowest BCUT2D eigenvalue weighted by atomic mass is 10.0. The number of ketones is 1. The van der Waals surface area contributed by atoms with E-state index in [9.17, 15) is 9.18 Å². The van der Waals surface area contributed by atoms with Gasteiger partial charge in [-0.05, 0) is 42.8 Å². The second-order valence-corrected chi connectivity index (χ2v) is 4.67. The Labute approximate surface area is 115 Å². The second kappa shape index (κ2) is 4.96. The van der Waals surface area contributed by atoms with Crippen molar-refractivity contribution < 1.29 is 18.7 Å². The molecule has 3 nitrogen and oxygen atoms in total. The van der Waals surface area contributed by atoms with Crippen LogP contribution in [0.4, 0.5) is 4.39 Å². The van der Waals surface area contributed by atoms with E-state index in [1.165, 1.54) is 12.1 Å². The van der Waals surface area contributed by atoms with Gasteiger partial charge in [0, 0.05) is 5.56 Å². The average molecular weight is 272 g/mol. The third-order valence-corrected chi connectivity index (χ3v) is 3.17. The lowest BCUT2D eigenvalue weighted by Gasteiger charge is -2.18. The summed E-state index contributed by atoms with van der Waals surface area (Å²) in [4.78, 5) is 12.3. The minimum Gasteiger partial charge on any atom is -0.486 e. The van der Waals surface area contributed by atoms with Gasteiger partial charge in [0.1, 0.15) is 19.0 Å². The van der Waals surface area contributed by atoms with Gasteiger partial charge >= 0.3 is 0 Å².